The van der Waals surface area contributed by atoms with E-state index in [4.69, 9.17) is 4.74 Å². The van der Waals surface area contributed by atoms with E-state index in [0.717, 1.165) is 26.6 Å². The van der Waals surface area contributed by atoms with E-state index in [1.165, 1.54) is 12.1 Å². The number of hydrogen-bond acceptors (Lipinski definition) is 3. The van der Waals surface area contributed by atoms with Gasteiger partial charge in [-0.1, -0.05) is 28.1 Å². The molecule has 0 heterocycles. The lowest BCUT2D eigenvalue weighted by atomic mass is 10.1. The molecule has 0 amide bonds. The van der Waals surface area contributed by atoms with Crippen molar-refractivity contribution in [3.05, 3.63) is 80.8 Å². The van der Waals surface area contributed by atoms with Crippen molar-refractivity contribution < 1.29 is 9.66 Å². The molecule has 0 aliphatic heterocycles. The van der Waals surface area contributed by atoms with Gasteiger partial charge in [0.2, 0.25) is 0 Å². The van der Waals surface area contributed by atoms with E-state index >= 15 is 0 Å². The second-order valence-corrected chi connectivity index (χ2v) is 5.78. The van der Waals surface area contributed by atoms with Crippen molar-refractivity contribution >= 4 is 32.4 Å². The van der Waals surface area contributed by atoms with E-state index in [-0.39, 0.29) is 5.69 Å². The molecule has 110 valence electrons. The fourth-order valence-electron chi connectivity index (χ4n) is 2.17. The molecule has 0 aliphatic rings. The lowest BCUT2D eigenvalue weighted by molar-refractivity contribution is -0.384. The molecule has 0 aliphatic carbocycles. The zero-order valence-electron chi connectivity index (χ0n) is 11.5. The molecule has 0 unspecified atom stereocenters. The summed E-state index contributed by atoms with van der Waals surface area (Å²) in [5.41, 5.74) is 0.974. The molecule has 0 radical (unpaired) electrons. The minimum absolute atomic E-state index is 0.0834. The van der Waals surface area contributed by atoms with Crippen LogP contribution in [0.4, 0.5) is 5.69 Å². The van der Waals surface area contributed by atoms with E-state index in [1.807, 2.05) is 30.3 Å². The van der Waals surface area contributed by atoms with Gasteiger partial charge in [0.15, 0.2) is 0 Å². The van der Waals surface area contributed by atoms with Crippen molar-refractivity contribution in [3.8, 4) is 5.75 Å². The number of nitro benzene ring substituents is 1. The van der Waals surface area contributed by atoms with Crippen molar-refractivity contribution in [2.24, 2.45) is 0 Å². The van der Waals surface area contributed by atoms with Gasteiger partial charge in [0, 0.05) is 16.6 Å². The zero-order chi connectivity index (χ0) is 15.5. The molecular weight excluding hydrogens is 346 g/mol. The summed E-state index contributed by atoms with van der Waals surface area (Å²) in [7, 11) is 0. The van der Waals surface area contributed by atoms with Gasteiger partial charge in [-0.25, -0.2) is 0 Å². The third-order valence-corrected chi connectivity index (χ3v) is 3.82. The smallest absolute Gasteiger partial charge is 0.269 e. The SMILES string of the molecule is O=[N+]([O-])c1ccc(COc2ccc3cc(Br)ccc3c2)cc1. The molecule has 3 aromatic rings. The first-order valence-corrected chi connectivity index (χ1v) is 7.46. The first kappa shape index (κ1) is 14.5. The van der Waals surface area contributed by atoms with Crippen LogP contribution in [0.1, 0.15) is 5.56 Å². The largest absolute Gasteiger partial charge is 0.489 e. The molecule has 0 bridgehead atoms. The minimum atomic E-state index is -0.411. The van der Waals surface area contributed by atoms with Crippen LogP contribution in [0.2, 0.25) is 0 Å². The molecule has 4 nitrogen and oxygen atoms in total. The van der Waals surface area contributed by atoms with E-state index < -0.39 is 4.92 Å². The molecule has 0 atom stereocenters. The lowest BCUT2D eigenvalue weighted by Gasteiger charge is -2.07. The summed E-state index contributed by atoms with van der Waals surface area (Å²) in [6, 6.07) is 18.3. The number of non-ortho nitro benzene ring substituents is 1. The molecule has 3 aromatic carbocycles. The van der Waals surface area contributed by atoms with Crippen LogP contribution in [0.15, 0.2) is 65.1 Å². The number of nitrogens with zero attached hydrogens (tertiary/aromatic N) is 1. The van der Waals surface area contributed by atoms with Crippen LogP contribution in [0.3, 0.4) is 0 Å². The monoisotopic (exact) mass is 357 g/mol. The van der Waals surface area contributed by atoms with E-state index in [1.54, 1.807) is 12.1 Å². The van der Waals surface area contributed by atoms with Crippen LogP contribution in [0, 0.1) is 10.1 Å². The predicted molar refractivity (Wildman–Crippen MR) is 89.1 cm³/mol. The molecule has 0 N–H and O–H groups in total. The maximum Gasteiger partial charge on any atom is 0.269 e. The Morgan fingerprint density at radius 3 is 2.36 bits per heavy atom. The first-order valence-electron chi connectivity index (χ1n) is 6.67. The Hall–Kier alpha value is -2.40. The van der Waals surface area contributed by atoms with E-state index in [0.29, 0.717) is 6.61 Å². The van der Waals surface area contributed by atoms with Gasteiger partial charge in [0.1, 0.15) is 12.4 Å². The Kier molecular flexibility index (Phi) is 4.06. The Morgan fingerprint density at radius 2 is 1.64 bits per heavy atom. The number of hydrogen-bond donors (Lipinski definition) is 0. The van der Waals surface area contributed by atoms with Gasteiger partial charge >= 0.3 is 0 Å². The molecule has 0 saturated heterocycles. The molecular formula is C17H12BrNO3. The average molecular weight is 358 g/mol. The van der Waals surface area contributed by atoms with Crippen LogP contribution < -0.4 is 4.74 Å². The highest BCUT2D eigenvalue weighted by Gasteiger charge is 2.04. The lowest BCUT2D eigenvalue weighted by Crippen LogP contribution is -1.96. The number of ether oxygens (including phenoxy) is 1. The summed E-state index contributed by atoms with van der Waals surface area (Å²) >= 11 is 3.45. The maximum atomic E-state index is 10.6. The Bertz CT molecular complexity index is 831. The number of fused-ring (bicyclic) bond motifs is 1. The zero-order valence-corrected chi connectivity index (χ0v) is 13.1. The summed E-state index contributed by atoms with van der Waals surface area (Å²) < 4.78 is 6.79. The van der Waals surface area contributed by atoms with Gasteiger partial charge < -0.3 is 4.74 Å². The molecule has 5 heteroatoms. The number of nitro groups is 1. The first-order chi connectivity index (χ1) is 10.6. The summed E-state index contributed by atoms with van der Waals surface area (Å²) in [5.74, 6) is 0.771. The van der Waals surface area contributed by atoms with Crippen LogP contribution in [-0.4, -0.2) is 4.92 Å². The Morgan fingerprint density at radius 1 is 0.955 bits per heavy atom. The molecule has 0 spiro atoms. The van der Waals surface area contributed by atoms with Gasteiger partial charge in [0.25, 0.3) is 5.69 Å². The third kappa shape index (κ3) is 3.26. The maximum absolute atomic E-state index is 10.6. The Labute approximate surface area is 135 Å². The summed E-state index contributed by atoms with van der Waals surface area (Å²) in [6.07, 6.45) is 0. The second-order valence-electron chi connectivity index (χ2n) is 4.87. The van der Waals surface area contributed by atoms with Crippen molar-refractivity contribution in [2.45, 2.75) is 6.61 Å². The average Bonchev–Trinajstić information content (AvgIpc) is 2.53. The molecule has 0 saturated carbocycles. The van der Waals surface area contributed by atoms with Crippen LogP contribution in [0.25, 0.3) is 10.8 Å². The van der Waals surface area contributed by atoms with Gasteiger partial charge in [-0.05, 0) is 52.7 Å². The number of halogens is 1. The third-order valence-electron chi connectivity index (χ3n) is 3.33. The number of benzene rings is 3. The quantitative estimate of drug-likeness (QED) is 0.482. The predicted octanol–water partition coefficient (Wildman–Crippen LogP) is 5.09. The van der Waals surface area contributed by atoms with Crippen molar-refractivity contribution in [1.29, 1.82) is 0 Å². The fraction of sp³-hybridized carbons (Fsp3) is 0.0588. The standard InChI is InChI=1S/C17H12BrNO3/c18-15-5-3-14-10-17(8-4-13(14)9-15)22-11-12-1-6-16(7-2-12)19(20)21/h1-10H,11H2. The van der Waals surface area contributed by atoms with Crippen LogP contribution >= 0.6 is 15.9 Å². The van der Waals surface area contributed by atoms with Gasteiger partial charge in [0.05, 0.1) is 4.92 Å². The highest BCUT2D eigenvalue weighted by Crippen LogP contribution is 2.24. The highest BCUT2D eigenvalue weighted by molar-refractivity contribution is 9.10. The number of rotatable bonds is 4. The molecule has 0 aromatic heterocycles. The van der Waals surface area contributed by atoms with Gasteiger partial charge in [-0.15, -0.1) is 0 Å². The minimum Gasteiger partial charge on any atom is -0.489 e. The second kappa shape index (κ2) is 6.15. The topological polar surface area (TPSA) is 52.4 Å². The molecule has 3 rings (SSSR count). The van der Waals surface area contributed by atoms with Crippen molar-refractivity contribution in [2.75, 3.05) is 0 Å². The fourth-order valence-corrected chi connectivity index (χ4v) is 2.54. The van der Waals surface area contributed by atoms with Gasteiger partial charge in [-0.2, -0.15) is 0 Å². The summed E-state index contributed by atoms with van der Waals surface area (Å²) in [6.45, 7) is 0.375. The highest BCUT2D eigenvalue weighted by atomic mass is 79.9. The van der Waals surface area contributed by atoms with Crippen molar-refractivity contribution in [3.63, 3.8) is 0 Å². The summed E-state index contributed by atoms with van der Waals surface area (Å²) in [5, 5.41) is 12.8. The van der Waals surface area contributed by atoms with E-state index in [9.17, 15) is 10.1 Å². The Balaban J connectivity index is 1.73. The van der Waals surface area contributed by atoms with Crippen LogP contribution in [-0.2, 0) is 6.61 Å². The van der Waals surface area contributed by atoms with Gasteiger partial charge in [-0.3, -0.25) is 10.1 Å². The summed E-state index contributed by atoms with van der Waals surface area (Å²) in [4.78, 5) is 10.2. The van der Waals surface area contributed by atoms with Crippen molar-refractivity contribution in [1.82, 2.24) is 0 Å². The van der Waals surface area contributed by atoms with Crippen LogP contribution in [0.5, 0.6) is 5.75 Å². The molecule has 0 fully saturated rings. The normalized spacial score (nSPS) is 10.6. The van der Waals surface area contributed by atoms with E-state index in [2.05, 4.69) is 22.0 Å². The molecule has 22 heavy (non-hydrogen) atoms.